The lowest BCUT2D eigenvalue weighted by Crippen LogP contribution is -2.63. The third kappa shape index (κ3) is 2.30. The van der Waals surface area contributed by atoms with Gasteiger partial charge < -0.3 is 15.7 Å². The van der Waals surface area contributed by atoms with Crippen molar-refractivity contribution in [2.75, 3.05) is 13.1 Å². The number of aromatic nitrogens is 1. The highest BCUT2D eigenvalue weighted by Crippen LogP contribution is 2.25. The molecule has 92 valence electrons. The summed E-state index contributed by atoms with van der Waals surface area (Å²) in [6.45, 7) is 3.05. The maximum Gasteiger partial charge on any atom is 0.254 e. The Morgan fingerprint density at radius 1 is 1.65 bits per heavy atom. The molecular formula is C12H17N3O2. The van der Waals surface area contributed by atoms with Crippen LogP contribution in [0, 0.1) is 0 Å². The first-order valence-corrected chi connectivity index (χ1v) is 5.74. The lowest BCUT2D eigenvalue weighted by atomic mass is 9.91. The average Bonchev–Trinajstić information content (AvgIpc) is 2.34. The topological polar surface area (TPSA) is 79.5 Å². The second kappa shape index (κ2) is 4.43. The summed E-state index contributed by atoms with van der Waals surface area (Å²) in [7, 11) is 0. The minimum atomic E-state index is -0.695. The molecule has 0 spiro atoms. The molecule has 0 unspecified atom stereocenters. The van der Waals surface area contributed by atoms with Gasteiger partial charge in [-0.3, -0.25) is 9.78 Å². The molecule has 1 saturated heterocycles. The number of hydrogen-bond acceptors (Lipinski definition) is 4. The maximum absolute atomic E-state index is 12.0. The van der Waals surface area contributed by atoms with Crippen molar-refractivity contribution in [3.63, 3.8) is 0 Å². The molecule has 0 aliphatic carbocycles. The number of rotatable bonds is 3. The van der Waals surface area contributed by atoms with Crippen molar-refractivity contribution in [1.82, 2.24) is 9.88 Å². The van der Waals surface area contributed by atoms with Crippen LogP contribution in [-0.4, -0.2) is 39.6 Å². The Bertz CT molecular complexity index is 428. The highest BCUT2D eigenvalue weighted by molar-refractivity contribution is 5.95. The van der Waals surface area contributed by atoms with Crippen molar-refractivity contribution in [2.45, 2.75) is 25.5 Å². The van der Waals surface area contributed by atoms with Gasteiger partial charge >= 0.3 is 0 Å². The van der Waals surface area contributed by atoms with E-state index in [-0.39, 0.29) is 5.91 Å². The lowest BCUT2D eigenvalue weighted by Gasteiger charge is -2.46. The van der Waals surface area contributed by atoms with Crippen LogP contribution in [0.15, 0.2) is 18.3 Å². The molecule has 1 fully saturated rings. The van der Waals surface area contributed by atoms with Crippen LogP contribution < -0.4 is 5.73 Å². The molecule has 1 aliphatic heterocycles. The van der Waals surface area contributed by atoms with Gasteiger partial charge in [0.2, 0.25) is 0 Å². The van der Waals surface area contributed by atoms with E-state index < -0.39 is 5.60 Å². The number of aliphatic hydroxyl groups is 1. The van der Waals surface area contributed by atoms with Crippen LogP contribution in [0.5, 0.6) is 0 Å². The number of nitrogens with zero attached hydrogens (tertiary/aromatic N) is 2. The highest BCUT2D eigenvalue weighted by Gasteiger charge is 2.42. The van der Waals surface area contributed by atoms with Crippen LogP contribution in [0.2, 0.25) is 0 Å². The number of β-amino-alcohol motifs (C(OH)–C–C–N with tert-alkyl or cyclic N) is 1. The van der Waals surface area contributed by atoms with Gasteiger partial charge in [-0.2, -0.15) is 0 Å². The first-order valence-electron chi connectivity index (χ1n) is 5.74. The third-order valence-corrected chi connectivity index (χ3v) is 3.19. The first kappa shape index (κ1) is 12.0. The van der Waals surface area contributed by atoms with Gasteiger partial charge in [-0.1, -0.05) is 6.92 Å². The smallest absolute Gasteiger partial charge is 0.254 e. The molecule has 17 heavy (non-hydrogen) atoms. The summed E-state index contributed by atoms with van der Waals surface area (Å²) in [5.41, 5.74) is 6.06. The van der Waals surface area contributed by atoms with E-state index >= 15 is 0 Å². The summed E-state index contributed by atoms with van der Waals surface area (Å²) in [5, 5.41) is 9.86. The largest absolute Gasteiger partial charge is 0.386 e. The summed E-state index contributed by atoms with van der Waals surface area (Å²) in [6, 6.07) is 3.37. The molecule has 0 atom stereocenters. The molecule has 2 rings (SSSR count). The Hall–Kier alpha value is -1.46. The van der Waals surface area contributed by atoms with Crippen LogP contribution in [0.3, 0.4) is 0 Å². The standard InChI is InChI=1S/C12H17N3O2/c1-2-12(17)7-15(8-12)11(16)9-3-4-14-10(5-9)6-13/h3-5,17H,2,6-8,13H2,1H3. The van der Waals surface area contributed by atoms with Crippen molar-refractivity contribution in [3.8, 4) is 0 Å². The Labute approximate surface area is 100 Å². The quantitative estimate of drug-likeness (QED) is 0.781. The zero-order valence-corrected chi connectivity index (χ0v) is 9.89. The van der Waals surface area contributed by atoms with E-state index in [2.05, 4.69) is 4.98 Å². The highest BCUT2D eigenvalue weighted by atomic mass is 16.3. The van der Waals surface area contributed by atoms with Crippen molar-refractivity contribution in [2.24, 2.45) is 5.73 Å². The summed E-state index contributed by atoms with van der Waals surface area (Å²) in [5.74, 6) is -0.0692. The van der Waals surface area contributed by atoms with Crippen LogP contribution in [0.4, 0.5) is 0 Å². The zero-order valence-electron chi connectivity index (χ0n) is 9.89. The van der Waals surface area contributed by atoms with Crippen LogP contribution in [0.25, 0.3) is 0 Å². The second-order valence-electron chi connectivity index (χ2n) is 4.48. The monoisotopic (exact) mass is 235 g/mol. The van der Waals surface area contributed by atoms with E-state index in [9.17, 15) is 9.90 Å². The van der Waals surface area contributed by atoms with Crippen LogP contribution >= 0.6 is 0 Å². The summed E-state index contributed by atoms with van der Waals surface area (Å²) < 4.78 is 0. The Morgan fingerprint density at radius 2 is 2.35 bits per heavy atom. The van der Waals surface area contributed by atoms with E-state index in [1.807, 2.05) is 6.92 Å². The first-order chi connectivity index (χ1) is 8.08. The van der Waals surface area contributed by atoms with E-state index in [0.29, 0.717) is 37.3 Å². The van der Waals surface area contributed by atoms with E-state index in [0.717, 1.165) is 0 Å². The fraction of sp³-hybridized carbons (Fsp3) is 0.500. The van der Waals surface area contributed by atoms with Crippen molar-refractivity contribution in [3.05, 3.63) is 29.6 Å². The lowest BCUT2D eigenvalue weighted by molar-refractivity contribution is -0.0826. The molecule has 0 saturated carbocycles. The molecule has 1 aromatic rings. The molecule has 0 bridgehead atoms. The number of carbonyl (C=O) groups excluding carboxylic acids is 1. The van der Waals surface area contributed by atoms with Gasteiger partial charge in [0.15, 0.2) is 0 Å². The summed E-state index contributed by atoms with van der Waals surface area (Å²) in [4.78, 5) is 17.7. The molecule has 1 amide bonds. The number of hydrogen-bond donors (Lipinski definition) is 2. The molecule has 5 heteroatoms. The van der Waals surface area contributed by atoms with Crippen molar-refractivity contribution >= 4 is 5.91 Å². The van der Waals surface area contributed by atoms with Gasteiger partial charge in [0.25, 0.3) is 5.91 Å². The predicted molar refractivity (Wildman–Crippen MR) is 63.3 cm³/mol. The molecule has 0 aromatic carbocycles. The van der Waals surface area contributed by atoms with E-state index in [4.69, 9.17) is 5.73 Å². The Kier molecular flexibility index (Phi) is 3.13. The molecule has 1 aliphatic rings. The number of pyridine rings is 1. The second-order valence-corrected chi connectivity index (χ2v) is 4.48. The van der Waals surface area contributed by atoms with Gasteiger partial charge in [0.05, 0.1) is 24.4 Å². The number of nitrogens with two attached hydrogens (primary N) is 1. The molecule has 1 aromatic heterocycles. The van der Waals surface area contributed by atoms with Crippen LogP contribution in [-0.2, 0) is 6.54 Å². The molecule has 2 heterocycles. The minimum absolute atomic E-state index is 0.0692. The van der Waals surface area contributed by atoms with Crippen molar-refractivity contribution < 1.29 is 9.90 Å². The summed E-state index contributed by atoms with van der Waals surface area (Å²) >= 11 is 0. The molecular weight excluding hydrogens is 218 g/mol. The zero-order chi connectivity index (χ0) is 12.5. The molecule has 3 N–H and O–H groups in total. The SMILES string of the molecule is CCC1(O)CN(C(=O)c2ccnc(CN)c2)C1. The van der Waals surface area contributed by atoms with Gasteiger partial charge in [-0.05, 0) is 18.6 Å². The number of likely N-dealkylation sites (tertiary alicyclic amines) is 1. The number of amides is 1. The third-order valence-electron chi connectivity index (χ3n) is 3.19. The number of carbonyl (C=O) groups is 1. The van der Waals surface area contributed by atoms with E-state index in [1.54, 1.807) is 23.2 Å². The summed E-state index contributed by atoms with van der Waals surface area (Å²) in [6.07, 6.45) is 2.25. The van der Waals surface area contributed by atoms with Gasteiger partial charge in [0, 0.05) is 18.3 Å². The normalized spacial score (nSPS) is 17.7. The fourth-order valence-electron chi connectivity index (χ4n) is 1.94. The Morgan fingerprint density at radius 3 is 2.94 bits per heavy atom. The fourth-order valence-corrected chi connectivity index (χ4v) is 1.94. The maximum atomic E-state index is 12.0. The predicted octanol–water partition coefficient (Wildman–Crippen LogP) is 0.137. The van der Waals surface area contributed by atoms with Gasteiger partial charge in [-0.25, -0.2) is 0 Å². The van der Waals surface area contributed by atoms with Crippen LogP contribution in [0.1, 0.15) is 29.4 Å². The Balaban J connectivity index is 2.06. The minimum Gasteiger partial charge on any atom is -0.386 e. The van der Waals surface area contributed by atoms with Gasteiger partial charge in [0.1, 0.15) is 0 Å². The average molecular weight is 235 g/mol. The van der Waals surface area contributed by atoms with Crippen molar-refractivity contribution in [1.29, 1.82) is 0 Å². The molecule has 5 nitrogen and oxygen atoms in total. The van der Waals surface area contributed by atoms with Gasteiger partial charge in [-0.15, -0.1) is 0 Å². The molecule has 0 radical (unpaired) electrons. The van der Waals surface area contributed by atoms with E-state index in [1.165, 1.54) is 0 Å².